The number of carbonyl (C=O) groups is 1. The molecule has 0 aliphatic heterocycles. The van der Waals surface area contributed by atoms with Crippen molar-refractivity contribution in [2.45, 2.75) is 26.2 Å². The van der Waals surface area contributed by atoms with Crippen molar-refractivity contribution in [1.29, 1.82) is 0 Å². The number of ketones is 1. The maximum Gasteiger partial charge on any atom is 0.195 e. The summed E-state index contributed by atoms with van der Waals surface area (Å²) in [4.78, 5) is 12.6. The van der Waals surface area contributed by atoms with Crippen molar-refractivity contribution in [3.05, 3.63) is 63.9 Å². The number of hydrogen-bond acceptors (Lipinski definition) is 2. The molecule has 0 radical (unpaired) electrons. The Kier molecular flexibility index (Phi) is 4.01. The van der Waals surface area contributed by atoms with Gasteiger partial charge in [0.1, 0.15) is 0 Å². The zero-order valence-electron chi connectivity index (χ0n) is 11.5. The summed E-state index contributed by atoms with van der Waals surface area (Å²) in [5.74, 6) is 0.0647. The summed E-state index contributed by atoms with van der Waals surface area (Å²) in [6.07, 6.45) is 3.51. The summed E-state index contributed by atoms with van der Waals surface area (Å²) in [5.41, 5.74) is 2.52. The molecule has 1 aromatic carbocycles. The third-order valence-corrected chi connectivity index (χ3v) is 3.85. The molecule has 0 aliphatic carbocycles. The molecule has 0 saturated carbocycles. The molecule has 0 N–H and O–H groups in total. The number of benzene rings is 1. The lowest BCUT2D eigenvalue weighted by molar-refractivity contribution is 0.105. The van der Waals surface area contributed by atoms with E-state index in [2.05, 4.69) is 45.0 Å². The van der Waals surface area contributed by atoms with Gasteiger partial charge < -0.3 is 0 Å². The van der Waals surface area contributed by atoms with Crippen LogP contribution in [0.15, 0.2) is 47.9 Å². The van der Waals surface area contributed by atoms with E-state index < -0.39 is 0 Å². The van der Waals surface area contributed by atoms with Gasteiger partial charge in [0, 0.05) is 0 Å². The second-order valence-electron chi connectivity index (χ2n) is 5.55. The molecule has 2 aromatic rings. The van der Waals surface area contributed by atoms with E-state index in [4.69, 9.17) is 0 Å². The van der Waals surface area contributed by atoms with Gasteiger partial charge in [-0.1, -0.05) is 57.2 Å². The van der Waals surface area contributed by atoms with E-state index in [1.807, 2.05) is 23.6 Å². The summed E-state index contributed by atoms with van der Waals surface area (Å²) >= 11 is 1.47. The molecule has 2 heteroatoms. The quantitative estimate of drug-likeness (QED) is 0.570. The maximum atomic E-state index is 11.8. The van der Waals surface area contributed by atoms with Crippen LogP contribution in [0.2, 0.25) is 0 Å². The van der Waals surface area contributed by atoms with Crippen molar-refractivity contribution >= 4 is 23.2 Å². The number of carbonyl (C=O) groups excluding carboxylic acids is 1. The molecule has 1 nitrogen and oxygen atoms in total. The van der Waals surface area contributed by atoms with E-state index in [-0.39, 0.29) is 11.2 Å². The Hall–Kier alpha value is -1.67. The molecule has 0 aliphatic rings. The number of rotatable bonds is 3. The first kappa shape index (κ1) is 13.8. The van der Waals surface area contributed by atoms with E-state index >= 15 is 0 Å². The Bertz CT molecular complexity index is 569. The highest BCUT2D eigenvalue weighted by atomic mass is 32.1. The van der Waals surface area contributed by atoms with E-state index in [0.717, 1.165) is 10.4 Å². The van der Waals surface area contributed by atoms with Gasteiger partial charge in [-0.25, -0.2) is 0 Å². The average Bonchev–Trinajstić information content (AvgIpc) is 2.89. The van der Waals surface area contributed by atoms with Crippen LogP contribution in [-0.2, 0) is 5.41 Å². The molecule has 0 amide bonds. The van der Waals surface area contributed by atoms with Crippen LogP contribution in [0.25, 0.3) is 6.08 Å². The Morgan fingerprint density at radius 3 is 2.32 bits per heavy atom. The van der Waals surface area contributed by atoms with Gasteiger partial charge in [-0.15, -0.1) is 11.3 Å². The summed E-state index contributed by atoms with van der Waals surface area (Å²) in [6.45, 7) is 6.58. The molecule has 0 atom stereocenters. The van der Waals surface area contributed by atoms with Crippen LogP contribution in [0.1, 0.15) is 41.6 Å². The van der Waals surface area contributed by atoms with Gasteiger partial charge in [-0.2, -0.15) is 0 Å². The largest absolute Gasteiger partial charge is 0.288 e. The molecule has 19 heavy (non-hydrogen) atoms. The van der Waals surface area contributed by atoms with E-state index in [1.165, 1.54) is 16.9 Å². The molecule has 1 aromatic heterocycles. The Morgan fingerprint density at radius 1 is 1.11 bits per heavy atom. The predicted molar refractivity (Wildman–Crippen MR) is 82.8 cm³/mol. The van der Waals surface area contributed by atoms with Crippen LogP contribution >= 0.6 is 11.3 Å². The summed E-state index contributed by atoms with van der Waals surface area (Å²) in [7, 11) is 0. The van der Waals surface area contributed by atoms with Crippen LogP contribution in [0.5, 0.6) is 0 Å². The van der Waals surface area contributed by atoms with Crippen LogP contribution in [-0.4, -0.2) is 5.78 Å². The third-order valence-electron chi connectivity index (χ3n) is 2.97. The number of thiophene rings is 1. The van der Waals surface area contributed by atoms with Gasteiger partial charge in [-0.3, -0.25) is 4.79 Å². The lowest BCUT2D eigenvalue weighted by Gasteiger charge is -2.18. The smallest absolute Gasteiger partial charge is 0.195 e. The van der Waals surface area contributed by atoms with E-state index in [1.54, 1.807) is 6.08 Å². The summed E-state index contributed by atoms with van der Waals surface area (Å²) < 4.78 is 0. The van der Waals surface area contributed by atoms with Crippen LogP contribution < -0.4 is 0 Å². The van der Waals surface area contributed by atoms with Crippen LogP contribution in [0.4, 0.5) is 0 Å². The zero-order valence-corrected chi connectivity index (χ0v) is 12.3. The van der Waals surface area contributed by atoms with Crippen molar-refractivity contribution in [2.24, 2.45) is 0 Å². The van der Waals surface area contributed by atoms with E-state index in [0.29, 0.717) is 0 Å². The SMILES string of the molecule is CC(C)(C)c1ccc(C=CC(=O)c2cccs2)cc1. The minimum atomic E-state index is 0.0647. The fourth-order valence-electron chi connectivity index (χ4n) is 1.77. The molecule has 2 rings (SSSR count). The molecule has 0 unspecified atom stereocenters. The number of hydrogen-bond donors (Lipinski definition) is 0. The summed E-state index contributed by atoms with van der Waals surface area (Å²) in [5, 5.41) is 1.92. The fraction of sp³-hybridized carbons (Fsp3) is 0.235. The molecule has 0 spiro atoms. The Morgan fingerprint density at radius 2 is 1.79 bits per heavy atom. The number of allylic oxidation sites excluding steroid dienone is 1. The van der Waals surface area contributed by atoms with Gasteiger partial charge in [0.25, 0.3) is 0 Å². The first-order valence-corrected chi connectivity index (χ1v) is 7.21. The molecule has 0 bridgehead atoms. The third kappa shape index (κ3) is 3.65. The van der Waals surface area contributed by atoms with Gasteiger partial charge in [-0.05, 0) is 34.1 Å². The molecule has 0 fully saturated rings. The topological polar surface area (TPSA) is 17.1 Å². The normalized spacial score (nSPS) is 11.9. The predicted octanol–water partition coefficient (Wildman–Crippen LogP) is 4.94. The minimum Gasteiger partial charge on any atom is -0.288 e. The lowest BCUT2D eigenvalue weighted by Crippen LogP contribution is -2.10. The minimum absolute atomic E-state index is 0.0647. The molecule has 1 heterocycles. The first-order valence-electron chi connectivity index (χ1n) is 6.33. The second kappa shape index (κ2) is 5.54. The van der Waals surface area contributed by atoms with Gasteiger partial charge in [0.2, 0.25) is 0 Å². The van der Waals surface area contributed by atoms with Gasteiger partial charge >= 0.3 is 0 Å². The van der Waals surface area contributed by atoms with Gasteiger partial charge in [0.15, 0.2) is 5.78 Å². The lowest BCUT2D eigenvalue weighted by atomic mass is 9.87. The Balaban J connectivity index is 2.10. The first-order chi connectivity index (χ1) is 8.97. The Labute approximate surface area is 118 Å². The monoisotopic (exact) mass is 270 g/mol. The van der Waals surface area contributed by atoms with Crippen molar-refractivity contribution in [3.63, 3.8) is 0 Å². The fourth-order valence-corrected chi connectivity index (χ4v) is 2.41. The molecule has 0 saturated heterocycles. The van der Waals surface area contributed by atoms with Crippen molar-refractivity contribution in [3.8, 4) is 0 Å². The zero-order chi connectivity index (χ0) is 13.9. The highest BCUT2D eigenvalue weighted by Gasteiger charge is 2.12. The van der Waals surface area contributed by atoms with Gasteiger partial charge in [0.05, 0.1) is 4.88 Å². The standard InChI is InChI=1S/C17H18OS/c1-17(2,3)14-9-6-13(7-10-14)8-11-15(18)16-5-4-12-19-16/h4-12H,1-3H3. The van der Waals surface area contributed by atoms with Crippen molar-refractivity contribution < 1.29 is 4.79 Å². The highest BCUT2D eigenvalue weighted by Crippen LogP contribution is 2.22. The molecular weight excluding hydrogens is 252 g/mol. The van der Waals surface area contributed by atoms with E-state index in [9.17, 15) is 4.79 Å². The van der Waals surface area contributed by atoms with Crippen molar-refractivity contribution in [1.82, 2.24) is 0 Å². The molecule has 98 valence electrons. The van der Waals surface area contributed by atoms with Crippen molar-refractivity contribution in [2.75, 3.05) is 0 Å². The van der Waals surface area contributed by atoms with Crippen LogP contribution in [0.3, 0.4) is 0 Å². The molecular formula is C17H18OS. The van der Waals surface area contributed by atoms with Crippen LogP contribution in [0, 0.1) is 0 Å². The average molecular weight is 270 g/mol. The summed E-state index contributed by atoms with van der Waals surface area (Å²) in [6, 6.07) is 12.1. The highest BCUT2D eigenvalue weighted by molar-refractivity contribution is 7.12. The second-order valence-corrected chi connectivity index (χ2v) is 6.49. The maximum absolute atomic E-state index is 11.8.